The number of nitrogens with zero attached hydrogens (tertiary/aromatic N) is 1. The van der Waals surface area contributed by atoms with Gasteiger partial charge in [-0.3, -0.25) is 0 Å². The number of carbonyl (C=O) groups is 1. The Bertz CT molecular complexity index is 929. The molecule has 160 valence electrons. The summed E-state index contributed by atoms with van der Waals surface area (Å²) < 4.78 is 25.4. The summed E-state index contributed by atoms with van der Waals surface area (Å²) in [5.74, 6) is 0.573. The normalized spacial score (nSPS) is 17.3. The van der Waals surface area contributed by atoms with Crippen molar-refractivity contribution in [2.75, 3.05) is 24.8 Å². The van der Waals surface area contributed by atoms with E-state index in [1.165, 1.54) is 11.8 Å². The molecule has 1 unspecified atom stereocenters. The number of ether oxygens (including phenoxy) is 2. The maximum atomic E-state index is 12.4. The number of hydrogen-bond donors (Lipinski definition) is 2. The molecule has 2 aromatic rings. The number of anilines is 1. The molecule has 0 radical (unpaired) electrons. The van der Waals surface area contributed by atoms with Crippen LogP contribution in [0.25, 0.3) is 11.1 Å². The van der Waals surface area contributed by atoms with E-state index in [1.807, 2.05) is 12.1 Å². The van der Waals surface area contributed by atoms with Crippen molar-refractivity contribution in [3.05, 3.63) is 41.1 Å². The highest BCUT2D eigenvalue weighted by Crippen LogP contribution is 2.40. The fourth-order valence-electron chi connectivity index (χ4n) is 4.27. The van der Waals surface area contributed by atoms with Crippen LogP contribution < -0.4 is 14.8 Å². The minimum Gasteiger partial charge on any atom is -0.593 e. The number of benzene rings is 1. The Hall–Kier alpha value is -2.29. The Morgan fingerprint density at radius 2 is 2.10 bits per heavy atom. The molecular formula is C22H27N3O4S. The van der Waals surface area contributed by atoms with Crippen LogP contribution in [0.2, 0.25) is 0 Å². The number of rotatable bonds is 5. The third-order valence-corrected chi connectivity index (χ3v) is 6.02. The first-order valence-electron chi connectivity index (χ1n) is 10.3. The lowest BCUT2D eigenvalue weighted by Gasteiger charge is -2.23. The van der Waals surface area contributed by atoms with Gasteiger partial charge >= 0.3 is 6.03 Å². The van der Waals surface area contributed by atoms with Crippen LogP contribution in [-0.4, -0.2) is 41.1 Å². The summed E-state index contributed by atoms with van der Waals surface area (Å²) in [5.41, 5.74) is 6.16. The summed E-state index contributed by atoms with van der Waals surface area (Å²) in [6.45, 7) is 3.46. The predicted octanol–water partition coefficient (Wildman–Crippen LogP) is 3.52. The second-order valence-electron chi connectivity index (χ2n) is 7.76. The van der Waals surface area contributed by atoms with E-state index in [0.29, 0.717) is 19.1 Å². The fraction of sp³-hybridized carbons (Fsp3) is 0.455. The fourth-order valence-corrected chi connectivity index (χ4v) is 4.58. The van der Waals surface area contributed by atoms with E-state index in [-0.39, 0.29) is 6.10 Å². The topological polar surface area (TPSA) is 95.5 Å². The first-order chi connectivity index (χ1) is 14.5. The molecule has 30 heavy (non-hydrogen) atoms. The third kappa shape index (κ3) is 4.71. The molecule has 1 aliphatic carbocycles. The number of amides is 2. The molecule has 2 heterocycles. The van der Waals surface area contributed by atoms with Gasteiger partial charge in [-0.05, 0) is 54.5 Å². The predicted molar refractivity (Wildman–Crippen MR) is 117 cm³/mol. The van der Waals surface area contributed by atoms with Crippen LogP contribution in [0.1, 0.15) is 36.0 Å². The van der Waals surface area contributed by atoms with E-state index in [9.17, 15) is 9.35 Å². The Morgan fingerprint density at radius 1 is 1.30 bits per heavy atom. The van der Waals surface area contributed by atoms with Gasteiger partial charge in [0.15, 0.2) is 0 Å². The molecule has 1 atom stereocenters. The molecule has 1 aromatic carbocycles. The average molecular weight is 430 g/mol. The zero-order valence-corrected chi connectivity index (χ0v) is 18.1. The van der Waals surface area contributed by atoms with E-state index in [2.05, 4.69) is 28.0 Å². The van der Waals surface area contributed by atoms with Gasteiger partial charge in [-0.25, -0.2) is 9.78 Å². The standard InChI is InChI=1S/C22H27N3O4S/c1-14-12-15-4-3-5-18(15)21(24-22(26)25-30(2)27)20(14)16-6-9-23-19(13-16)29-17-7-10-28-11-8-17/h6,9,12-13,17H,3-5,7-8,10-11H2,1-2H3,(H2,24,25,26). The minimum absolute atomic E-state index is 0.102. The van der Waals surface area contributed by atoms with Gasteiger partial charge in [0.25, 0.3) is 0 Å². The Kier molecular flexibility index (Phi) is 6.46. The van der Waals surface area contributed by atoms with E-state index in [0.717, 1.165) is 60.0 Å². The van der Waals surface area contributed by atoms with Gasteiger partial charge in [0.05, 0.1) is 30.3 Å². The SMILES string of the molecule is Cc1cc2c(c(NC(=O)N[S+](C)[O-])c1-c1ccnc(OC3CCOCC3)c1)CCC2. The van der Waals surface area contributed by atoms with Gasteiger partial charge in [0.1, 0.15) is 12.4 Å². The van der Waals surface area contributed by atoms with Crippen molar-refractivity contribution >= 4 is 23.1 Å². The summed E-state index contributed by atoms with van der Waals surface area (Å²) in [7, 11) is 0. The molecule has 2 amide bonds. The van der Waals surface area contributed by atoms with Crippen LogP contribution in [0.15, 0.2) is 24.4 Å². The number of nitrogens with one attached hydrogen (secondary N) is 2. The Morgan fingerprint density at radius 3 is 2.87 bits per heavy atom. The molecular weight excluding hydrogens is 402 g/mol. The van der Waals surface area contributed by atoms with E-state index < -0.39 is 17.4 Å². The van der Waals surface area contributed by atoms with Crippen molar-refractivity contribution < 1.29 is 18.8 Å². The molecule has 4 rings (SSSR count). The number of carbonyl (C=O) groups excluding carboxylic acids is 1. The number of aromatic nitrogens is 1. The van der Waals surface area contributed by atoms with Crippen molar-refractivity contribution in [2.24, 2.45) is 0 Å². The van der Waals surface area contributed by atoms with Crippen LogP contribution in [0.4, 0.5) is 10.5 Å². The minimum atomic E-state index is -1.43. The highest BCUT2D eigenvalue weighted by atomic mass is 32.2. The van der Waals surface area contributed by atoms with Gasteiger partial charge in [-0.1, -0.05) is 6.07 Å². The summed E-state index contributed by atoms with van der Waals surface area (Å²) in [6.07, 6.45) is 7.94. The molecule has 0 saturated carbocycles. The maximum Gasteiger partial charge on any atom is 0.360 e. The van der Waals surface area contributed by atoms with Gasteiger partial charge in [0.2, 0.25) is 5.88 Å². The number of pyridine rings is 1. The quantitative estimate of drug-likeness (QED) is 0.709. The van der Waals surface area contributed by atoms with Crippen LogP contribution >= 0.6 is 0 Å². The van der Waals surface area contributed by atoms with Gasteiger partial charge in [0, 0.05) is 30.7 Å². The summed E-state index contributed by atoms with van der Waals surface area (Å²) in [4.78, 5) is 16.8. The molecule has 7 nitrogen and oxygen atoms in total. The van der Waals surface area contributed by atoms with Crippen molar-refractivity contribution in [1.29, 1.82) is 0 Å². The second-order valence-corrected chi connectivity index (χ2v) is 8.87. The summed E-state index contributed by atoms with van der Waals surface area (Å²) in [6, 6.07) is 5.60. The number of aryl methyl sites for hydroxylation is 2. The lowest BCUT2D eigenvalue weighted by atomic mass is 9.93. The first kappa shape index (κ1) is 21.0. The summed E-state index contributed by atoms with van der Waals surface area (Å²) >= 11 is -1.43. The van der Waals surface area contributed by atoms with E-state index in [4.69, 9.17) is 9.47 Å². The molecule has 2 N–H and O–H groups in total. The van der Waals surface area contributed by atoms with Crippen LogP contribution in [0.5, 0.6) is 5.88 Å². The molecule has 0 spiro atoms. The van der Waals surface area contributed by atoms with Crippen molar-refractivity contribution in [2.45, 2.75) is 45.1 Å². The van der Waals surface area contributed by atoms with Crippen LogP contribution in [0, 0.1) is 6.92 Å². The second kappa shape index (κ2) is 9.24. The summed E-state index contributed by atoms with van der Waals surface area (Å²) in [5, 5.41) is 2.96. The van der Waals surface area contributed by atoms with Crippen LogP contribution in [-0.2, 0) is 28.9 Å². The molecule has 0 bridgehead atoms. The molecule has 1 aliphatic heterocycles. The van der Waals surface area contributed by atoms with E-state index >= 15 is 0 Å². The molecule has 2 aliphatic rings. The largest absolute Gasteiger partial charge is 0.593 e. The van der Waals surface area contributed by atoms with E-state index in [1.54, 1.807) is 6.20 Å². The smallest absolute Gasteiger partial charge is 0.360 e. The van der Waals surface area contributed by atoms with Crippen molar-refractivity contribution in [3.63, 3.8) is 0 Å². The Balaban J connectivity index is 1.69. The molecule has 1 fully saturated rings. The lowest BCUT2D eigenvalue weighted by Crippen LogP contribution is -2.34. The number of hydrogen-bond acceptors (Lipinski definition) is 5. The molecule has 1 saturated heterocycles. The zero-order valence-electron chi connectivity index (χ0n) is 17.3. The Labute approximate surface area is 179 Å². The van der Waals surface area contributed by atoms with Gasteiger partial charge in [-0.2, -0.15) is 4.72 Å². The average Bonchev–Trinajstić information content (AvgIpc) is 3.16. The monoisotopic (exact) mass is 429 g/mol. The van der Waals surface area contributed by atoms with Crippen LogP contribution in [0.3, 0.4) is 0 Å². The molecule has 1 aromatic heterocycles. The van der Waals surface area contributed by atoms with Crippen molar-refractivity contribution in [1.82, 2.24) is 9.71 Å². The van der Waals surface area contributed by atoms with Crippen molar-refractivity contribution in [3.8, 4) is 17.0 Å². The zero-order chi connectivity index (χ0) is 21.1. The highest BCUT2D eigenvalue weighted by molar-refractivity contribution is 7.89. The lowest BCUT2D eigenvalue weighted by molar-refractivity contribution is 0.0237. The first-order valence-corrected chi connectivity index (χ1v) is 11.8. The highest BCUT2D eigenvalue weighted by Gasteiger charge is 2.24. The third-order valence-electron chi connectivity index (χ3n) is 5.55. The van der Waals surface area contributed by atoms with Gasteiger partial charge < -0.3 is 19.3 Å². The number of urea groups is 1. The molecule has 8 heteroatoms. The van der Waals surface area contributed by atoms with Gasteiger partial charge in [-0.15, -0.1) is 0 Å². The number of fused-ring (bicyclic) bond motifs is 1. The maximum absolute atomic E-state index is 12.4.